The van der Waals surface area contributed by atoms with Crippen LogP contribution in [0.3, 0.4) is 0 Å². The van der Waals surface area contributed by atoms with Crippen LogP contribution in [-0.2, 0) is 19.0 Å². The summed E-state index contributed by atoms with van der Waals surface area (Å²) in [5, 5.41) is 30.2. The van der Waals surface area contributed by atoms with Gasteiger partial charge in [0, 0.05) is 0 Å². The molecule has 1 fully saturated rings. The number of aliphatic hydroxyl groups is 2. The third-order valence-electron chi connectivity index (χ3n) is 2.85. The van der Waals surface area contributed by atoms with Crippen molar-refractivity contribution in [1.29, 1.82) is 0 Å². The molecule has 11 nitrogen and oxygen atoms in total. The molecule has 4 unspecified atom stereocenters. The molecule has 2 rings (SSSR count). The first kappa shape index (κ1) is 15.8. The highest BCUT2D eigenvalue weighted by molar-refractivity contribution is 7.85. The van der Waals surface area contributed by atoms with Crippen LogP contribution < -0.4 is 0 Å². The van der Waals surface area contributed by atoms with Crippen molar-refractivity contribution in [2.75, 3.05) is 12.9 Å². The summed E-state index contributed by atoms with van der Waals surface area (Å²) in [6.07, 6.45) is -2.11. The zero-order valence-corrected chi connectivity index (χ0v) is 11.6. The smallest absolute Gasteiger partial charge is 0.381 e. The first-order chi connectivity index (χ1) is 9.69. The third kappa shape index (κ3) is 3.54. The molecule has 0 saturated carbocycles. The lowest BCUT2D eigenvalue weighted by molar-refractivity contribution is -0.389. The molecule has 0 radical (unpaired) electrons. The van der Waals surface area contributed by atoms with Crippen LogP contribution in [0.25, 0.3) is 0 Å². The Morgan fingerprint density at radius 1 is 1.52 bits per heavy atom. The lowest BCUT2D eigenvalue weighted by Crippen LogP contribution is -2.34. The van der Waals surface area contributed by atoms with Crippen LogP contribution in [0.4, 0.5) is 5.82 Å². The summed E-state index contributed by atoms with van der Waals surface area (Å²) in [6, 6.07) is 0. The van der Waals surface area contributed by atoms with Crippen LogP contribution in [-0.4, -0.2) is 64.3 Å². The summed E-state index contributed by atoms with van der Waals surface area (Å²) in [7, 11) is -3.72. The molecule has 0 spiro atoms. The quantitative estimate of drug-likeness (QED) is 0.370. The van der Waals surface area contributed by atoms with Crippen molar-refractivity contribution < 1.29 is 32.5 Å². The maximum atomic E-state index is 10.9. The molecule has 1 aromatic heterocycles. The number of aliphatic hydroxyl groups excluding tert-OH is 2. The summed E-state index contributed by atoms with van der Waals surface area (Å²) in [5.74, 6) is -0.448. The van der Waals surface area contributed by atoms with E-state index in [9.17, 15) is 28.7 Å². The van der Waals surface area contributed by atoms with Crippen LogP contribution in [0.5, 0.6) is 0 Å². The minimum Gasteiger partial charge on any atom is -0.387 e. The van der Waals surface area contributed by atoms with Crippen molar-refractivity contribution in [2.45, 2.75) is 24.5 Å². The minimum absolute atomic E-state index is 0.448. The molecule has 1 aliphatic rings. The SMILES string of the molecule is CS(=O)(=O)OCC1OC(n2cnc([N+](=O)[O-])c2)C(O)C1O. The van der Waals surface area contributed by atoms with Crippen molar-refractivity contribution in [3.63, 3.8) is 0 Å². The summed E-state index contributed by atoms with van der Waals surface area (Å²) in [6.45, 7) is -0.482. The van der Waals surface area contributed by atoms with Gasteiger partial charge in [-0.25, -0.2) is 0 Å². The lowest BCUT2D eigenvalue weighted by atomic mass is 10.1. The van der Waals surface area contributed by atoms with E-state index < -0.39 is 52.0 Å². The Balaban J connectivity index is 2.10. The second kappa shape index (κ2) is 5.65. The molecule has 12 heteroatoms. The molecule has 4 atom stereocenters. The number of nitro groups is 1. The third-order valence-corrected chi connectivity index (χ3v) is 3.42. The Hall–Kier alpha value is -1.60. The Morgan fingerprint density at radius 3 is 2.71 bits per heavy atom. The van der Waals surface area contributed by atoms with Crippen LogP contribution in [0.2, 0.25) is 0 Å². The van der Waals surface area contributed by atoms with Crippen LogP contribution >= 0.6 is 0 Å². The molecule has 118 valence electrons. The molecular weight excluding hydrogens is 310 g/mol. The molecule has 0 aromatic carbocycles. The predicted molar refractivity (Wildman–Crippen MR) is 65.6 cm³/mol. The van der Waals surface area contributed by atoms with E-state index in [1.165, 1.54) is 0 Å². The first-order valence-electron chi connectivity index (χ1n) is 5.73. The van der Waals surface area contributed by atoms with Crippen LogP contribution in [0.15, 0.2) is 12.5 Å². The average Bonchev–Trinajstić information content (AvgIpc) is 2.94. The van der Waals surface area contributed by atoms with Crippen molar-refractivity contribution in [2.24, 2.45) is 0 Å². The maximum absolute atomic E-state index is 10.9. The van der Waals surface area contributed by atoms with E-state index in [0.717, 1.165) is 23.3 Å². The Labute approximate surface area is 119 Å². The van der Waals surface area contributed by atoms with Gasteiger partial charge in [0.15, 0.2) is 6.23 Å². The summed E-state index contributed by atoms with van der Waals surface area (Å²) in [5.41, 5.74) is 0. The van der Waals surface area contributed by atoms with Gasteiger partial charge in [0.1, 0.15) is 24.5 Å². The van der Waals surface area contributed by atoms with Crippen molar-refractivity contribution in [1.82, 2.24) is 9.55 Å². The lowest BCUT2D eigenvalue weighted by Gasteiger charge is -2.14. The van der Waals surface area contributed by atoms with Gasteiger partial charge in [-0.3, -0.25) is 8.75 Å². The molecule has 1 aromatic rings. The molecule has 0 amide bonds. The predicted octanol–water partition coefficient (Wildman–Crippen LogP) is -1.61. The molecule has 0 aliphatic carbocycles. The molecule has 2 heterocycles. The van der Waals surface area contributed by atoms with Crippen LogP contribution in [0, 0.1) is 10.1 Å². The van der Waals surface area contributed by atoms with E-state index in [-0.39, 0.29) is 0 Å². The Kier molecular flexibility index (Phi) is 4.25. The number of hydrogen-bond acceptors (Lipinski definition) is 9. The highest BCUT2D eigenvalue weighted by atomic mass is 32.2. The van der Waals surface area contributed by atoms with Gasteiger partial charge in [-0.05, 0) is 9.91 Å². The van der Waals surface area contributed by atoms with Gasteiger partial charge in [0.2, 0.25) is 6.33 Å². The van der Waals surface area contributed by atoms with Crippen molar-refractivity contribution >= 4 is 15.9 Å². The van der Waals surface area contributed by atoms with Gasteiger partial charge in [0.05, 0.1) is 12.9 Å². The molecular formula is C9H13N3O8S. The molecule has 2 N–H and O–H groups in total. The van der Waals surface area contributed by atoms with Gasteiger partial charge in [0.25, 0.3) is 10.1 Å². The monoisotopic (exact) mass is 323 g/mol. The fraction of sp³-hybridized carbons (Fsp3) is 0.667. The van der Waals surface area contributed by atoms with E-state index in [2.05, 4.69) is 9.17 Å². The zero-order chi connectivity index (χ0) is 15.8. The Morgan fingerprint density at radius 2 is 2.19 bits per heavy atom. The molecule has 1 aliphatic heterocycles. The zero-order valence-electron chi connectivity index (χ0n) is 10.8. The average molecular weight is 323 g/mol. The highest BCUT2D eigenvalue weighted by Gasteiger charge is 2.44. The summed E-state index contributed by atoms with van der Waals surface area (Å²) >= 11 is 0. The van der Waals surface area contributed by atoms with E-state index in [1.54, 1.807) is 0 Å². The van der Waals surface area contributed by atoms with Gasteiger partial charge in [-0.2, -0.15) is 8.42 Å². The standard InChI is InChI=1S/C9H13N3O8S/c1-21(17,18)19-3-5-7(13)8(14)9(20-5)11-2-6(10-4-11)12(15)16/h2,4-5,7-9,13-14H,3H2,1H3. The number of imidazole rings is 1. The number of ether oxygens (including phenoxy) is 1. The number of aromatic nitrogens is 2. The largest absolute Gasteiger partial charge is 0.387 e. The first-order valence-corrected chi connectivity index (χ1v) is 7.54. The highest BCUT2D eigenvalue weighted by Crippen LogP contribution is 2.30. The number of hydrogen-bond donors (Lipinski definition) is 2. The van der Waals surface area contributed by atoms with Crippen molar-refractivity contribution in [3.8, 4) is 0 Å². The fourth-order valence-electron chi connectivity index (χ4n) is 1.86. The van der Waals surface area contributed by atoms with Gasteiger partial charge >= 0.3 is 5.82 Å². The van der Waals surface area contributed by atoms with E-state index >= 15 is 0 Å². The number of nitrogens with zero attached hydrogens (tertiary/aromatic N) is 3. The van der Waals surface area contributed by atoms with E-state index in [1.807, 2.05) is 0 Å². The van der Waals surface area contributed by atoms with E-state index in [4.69, 9.17) is 4.74 Å². The molecule has 1 saturated heterocycles. The summed E-state index contributed by atoms with van der Waals surface area (Å²) < 4.78 is 32.7. The molecule has 0 bridgehead atoms. The van der Waals surface area contributed by atoms with Crippen LogP contribution in [0.1, 0.15) is 6.23 Å². The minimum atomic E-state index is -3.72. The van der Waals surface area contributed by atoms with Gasteiger partial charge < -0.3 is 25.1 Å². The molecule has 21 heavy (non-hydrogen) atoms. The van der Waals surface area contributed by atoms with E-state index in [0.29, 0.717) is 0 Å². The topological polar surface area (TPSA) is 154 Å². The van der Waals surface area contributed by atoms with Gasteiger partial charge in [-0.1, -0.05) is 0 Å². The van der Waals surface area contributed by atoms with Crippen molar-refractivity contribution in [3.05, 3.63) is 22.6 Å². The number of rotatable bonds is 5. The Bertz CT molecular complexity index is 629. The maximum Gasteiger partial charge on any atom is 0.381 e. The summed E-state index contributed by atoms with van der Waals surface area (Å²) in [4.78, 5) is 13.3. The second-order valence-electron chi connectivity index (χ2n) is 4.47. The van der Waals surface area contributed by atoms with Gasteiger partial charge in [-0.15, -0.1) is 0 Å². The fourth-order valence-corrected chi connectivity index (χ4v) is 2.24. The second-order valence-corrected chi connectivity index (χ2v) is 6.12. The normalized spacial score (nSPS) is 29.7.